The van der Waals surface area contributed by atoms with Crippen LogP contribution in [0.15, 0.2) is 0 Å². The van der Waals surface area contributed by atoms with E-state index in [-0.39, 0.29) is 25.7 Å². The monoisotopic (exact) mass is 1340 g/mol. The maximum absolute atomic E-state index is 13.1. The van der Waals surface area contributed by atoms with Crippen molar-refractivity contribution >= 4 is 39.5 Å². The molecule has 19 heteroatoms. The number of aliphatic hydroxyl groups is 1. The lowest BCUT2D eigenvalue weighted by Gasteiger charge is -2.21. The lowest BCUT2D eigenvalue weighted by atomic mass is 10.0. The van der Waals surface area contributed by atoms with Crippen LogP contribution in [-0.2, 0) is 65.4 Å². The Hall–Kier alpha value is -1.94. The van der Waals surface area contributed by atoms with Crippen LogP contribution in [0, 0.1) is 5.92 Å². The van der Waals surface area contributed by atoms with E-state index in [1.807, 2.05) is 0 Å². The van der Waals surface area contributed by atoms with Crippen molar-refractivity contribution in [2.45, 2.75) is 393 Å². The minimum atomic E-state index is -4.95. The highest BCUT2D eigenvalue weighted by Gasteiger charge is 2.30. The molecule has 0 aromatic carbocycles. The van der Waals surface area contributed by atoms with Crippen molar-refractivity contribution in [2.24, 2.45) is 5.92 Å². The van der Waals surface area contributed by atoms with Crippen LogP contribution in [0.2, 0.25) is 0 Å². The van der Waals surface area contributed by atoms with E-state index < -0.39 is 97.5 Å². The highest BCUT2D eigenvalue weighted by atomic mass is 31.2. The van der Waals surface area contributed by atoms with Crippen molar-refractivity contribution in [3.63, 3.8) is 0 Å². The number of unbranched alkanes of at least 4 members (excludes halogenated alkanes) is 44. The van der Waals surface area contributed by atoms with Crippen molar-refractivity contribution in [1.82, 2.24) is 0 Å². The molecule has 3 N–H and O–H groups in total. The number of hydrogen-bond donors (Lipinski definition) is 3. The van der Waals surface area contributed by atoms with E-state index in [1.54, 1.807) is 0 Å². The summed E-state index contributed by atoms with van der Waals surface area (Å²) in [7, 11) is -9.88. The quantitative estimate of drug-likeness (QED) is 0.0222. The number of ether oxygens (including phenoxy) is 4. The summed E-state index contributed by atoms with van der Waals surface area (Å²) in [6, 6.07) is 0. The fourth-order valence-corrected chi connectivity index (χ4v) is 12.6. The van der Waals surface area contributed by atoms with Crippen molar-refractivity contribution in [1.29, 1.82) is 0 Å². The van der Waals surface area contributed by atoms with Crippen LogP contribution in [0.3, 0.4) is 0 Å². The molecular formula is C72H140O17P2. The minimum absolute atomic E-state index is 0.103. The molecule has 0 fully saturated rings. The van der Waals surface area contributed by atoms with Crippen molar-refractivity contribution in [3.05, 3.63) is 0 Å². The van der Waals surface area contributed by atoms with Crippen molar-refractivity contribution in [2.75, 3.05) is 39.6 Å². The fourth-order valence-electron chi connectivity index (χ4n) is 11.0. The standard InChI is InChI=1S/C72H140O17P2/c1-6-9-12-15-17-18-19-20-21-22-23-24-25-30-33-36-39-43-48-53-58-72(77)89-68(62-83-70(75)56-51-46-42-38-35-32-29-27-26-28-31-34-37-41-45-49-54-65(4)5)64-87-91(80,81)85-60-66(73)59-84-90(78,79)86-63-67(61-82-69(74)55-50-44-14-11-8-3)88-71(76)57-52-47-40-16-13-10-7-2/h65-68,73H,6-64H2,1-5H3,(H,78,79)(H,80,81)/t66-,67+,68+/m0/s1. The maximum atomic E-state index is 13.1. The zero-order valence-electron chi connectivity index (χ0n) is 59.0. The number of phosphoric ester groups is 2. The molecule has 0 aromatic rings. The molecule has 5 atom stereocenters. The predicted octanol–water partition coefficient (Wildman–Crippen LogP) is 20.9. The number of carbonyl (C=O) groups excluding carboxylic acids is 4. The predicted molar refractivity (Wildman–Crippen MR) is 368 cm³/mol. The molecule has 91 heavy (non-hydrogen) atoms. The SMILES string of the molecule is CCCCCCCCCCCCCCCCCCCCCCC(=O)O[C@H](COC(=O)CCCCCCCCCCCCCCCCCCC(C)C)COP(=O)(O)OC[C@@H](O)COP(=O)(O)OC[C@@H](COC(=O)CCCCCCC)OC(=O)CCCCCCCCC. The van der Waals surface area contributed by atoms with E-state index in [1.165, 1.54) is 180 Å². The number of carbonyl (C=O) groups is 4. The molecule has 0 radical (unpaired) electrons. The Labute approximate surface area is 556 Å². The molecule has 0 spiro atoms. The zero-order valence-corrected chi connectivity index (χ0v) is 60.8. The zero-order chi connectivity index (χ0) is 67.0. The molecule has 0 rings (SSSR count). The summed E-state index contributed by atoms with van der Waals surface area (Å²) in [6.45, 7) is 7.15. The van der Waals surface area contributed by atoms with Gasteiger partial charge < -0.3 is 33.8 Å². The van der Waals surface area contributed by atoms with Gasteiger partial charge in [-0.25, -0.2) is 9.13 Å². The number of aliphatic hydroxyl groups excluding tert-OH is 1. The average molecular weight is 1340 g/mol. The molecule has 0 heterocycles. The van der Waals surface area contributed by atoms with Crippen LogP contribution in [-0.4, -0.2) is 96.7 Å². The molecule has 540 valence electrons. The molecule has 0 saturated carbocycles. The Kier molecular flexibility index (Phi) is 64.0. The number of phosphoric acid groups is 2. The van der Waals surface area contributed by atoms with Gasteiger partial charge >= 0.3 is 39.5 Å². The van der Waals surface area contributed by atoms with Crippen LogP contribution in [0.1, 0.15) is 375 Å². The van der Waals surface area contributed by atoms with E-state index in [2.05, 4.69) is 34.6 Å². The Balaban J connectivity index is 5.07. The first-order chi connectivity index (χ1) is 44.0. The highest BCUT2D eigenvalue weighted by Crippen LogP contribution is 2.45. The van der Waals surface area contributed by atoms with Crippen molar-refractivity contribution in [3.8, 4) is 0 Å². The Morgan fingerprint density at radius 2 is 0.505 bits per heavy atom. The second-order valence-corrected chi connectivity index (χ2v) is 29.4. The van der Waals surface area contributed by atoms with Gasteiger partial charge in [0.15, 0.2) is 12.2 Å². The third kappa shape index (κ3) is 66.5. The van der Waals surface area contributed by atoms with E-state index in [9.17, 15) is 43.2 Å². The van der Waals surface area contributed by atoms with Crippen LogP contribution in [0.5, 0.6) is 0 Å². The summed E-state index contributed by atoms with van der Waals surface area (Å²) in [5.74, 6) is -1.32. The van der Waals surface area contributed by atoms with Crippen LogP contribution < -0.4 is 0 Å². The Morgan fingerprint density at radius 3 is 0.747 bits per heavy atom. The van der Waals surface area contributed by atoms with Gasteiger partial charge in [-0.3, -0.25) is 37.3 Å². The largest absolute Gasteiger partial charge is 0.472 e. The molecule has 0 aliphatic carbocycles. The number of rotatable bonds is 72. The first-order valence-electron chi connectivity index (χ1n) is 37.6. The summed E-state index contributed by atoms with van der Waals surface area (Å²) < 4.78 is 68.0. The normalized spacial score (nSPS) is 14.0. The molecule has 2 unspecified atom stereocenters. The molecule has 17 nitrogen and oxygen atoms in total. The topological polar surface area (TPSA) is 237 Å². The van der Waals surface area contributed by atoms with E-state index in [4.69, 9.17) is 37.0 Å². The van der Waals surface area contributed by atoms with E-state index >= 15 is 0 Å². The van der Waals surface area contributed by atoms with Gasteiger partial charge in [-0.1, -0.05) is 324 Å². The first kappa shape index (κ1) is 89.1. The lowest BCUT2D eigenvalue weighted by Crippen LogP contribution is -2.30. The van der Waals surface area contributed by atoms with Crippen molar-refractivity contribution < 1.29 is 80.2 Å². The lowest BCUT2D eigenvalue weighted by molar-refractivity contribution is -0.161. The van der Waals surface area contributed by atoms with E-state index in [0.29, 0.717) is 25.7 Å². The van der Waals surface area contributed by atoms with Gasteiger partial charge in [-0.05, 0) is 31.6 Å². The molecular weight excluding hydrogens is 1200 g/mol. The highest BCUT2D eigenvalue weighted by molar-refractivity contribution is 7.47. The number of hydrogen-bond acceptors (Lipinski definition) is 15. The number of esters is 4. The molecule has 0 saturated heterocycles. The minimum Gasteiger partial charge on any atom is -0.462 e. The van der Waals surface area contributed by atoms with Gasteiger partial charge in [0.05, 0.1) is 26.4 Å². The summed E-state index contributed by atoms with van der Waals surface area (Å²) in [5.41, 5.74) is 0. The molecule has 0 aliphatic heterocycles. The van der Waals surface area contributed by atoms with Gasteiger partial charge in [0.1, 0.15) is 19.3 Å². The second-order valence-electron chi connectivity index (χ2n) is 26.5. The fraction of sp³-hybridized carbons (Fsp3) is 0.944. The smallest absolute Gasteiger partial charge is 0.462 e. The molecule has 0 aliphatic rings. The first-order valence-corrected chi connectivity index (χ1v) is 40.6. The molecule has 0 bridgehead atoms. The summed E-state index contributed by atoms with van der Waals surface area (Å²) in [5, 5.41) is 10.5. The Morgan fingerprint density at radius 1 is 0.297 bits per heavy atom. The molecule has 0 aromatic heterocycles. The van der Waals surface area contributed by atoms with Crippen LogP contribution >= 0.6 is 15.6 Å². The Bertz CT molecular complexity index is 1750. The average Bonchev–Trinajstić information content (AvgIpc) is 3.69. The molecule has 0 amide bonds. The van der Waals surface area contributed by atoms with Gasteiger partial charge in [0, 0.05) is 25.7 Å². The summed E-state index contributed by atoms with van der Waals surface area (Å²) in [6.07, 6.45) is 53.5. The maximum Gasteiger partial charge on any atom is 0.472 e. The third-order valence-corrected chi connectivity index (χ3v) is 18.7. The van der Waals surface area contributed by atoms with Gasteiger partial charge in [0.25, 0.3) is 0 Å². The van der Waals surface area contributed by atoms with Crippen LogP contribution in [0.25, 0.3) is 0 Å². The van der Waals surface area contributed by atoms with Crippen LogP contribution in [0.4, 0.5) is 0 Å². The third-order valence-electron chi connectivity index (χ3n) is 16.8. The van der Waals surface area contributed by atoms with E-state index in [0.717, 1.165) is 115 Å². The summed E-state index contributed by atoms with van der Waals surface area (Å²) in [4.78, 5) is 72.1. The second kappa shape index (κ2) is 65.4. The van der Waals surface area contributed by atoms with Gasteiger partial charge in [-0.2, -0.15) is 0 Å². The summed E-state index contributed by atoms with van der Waals surface area (Å²) >= 11 is 0. The van der Waals surface area contributed by atoms with Gasteiger partial charge in [-0.15, -0.1) is 0 Å². The van der Waals surface area contributed by atoms with Gasteiger partial charge in [0.2, 0.25) is 0 Å².